The SMILES string of the molecule is CCCCCCCCC(CCCCCCCC)OC(=O)CCCCCCCC(=O)OC[C@H](O)COCc1ccccc1. The Kier molecular flexibility index (Phi) is 25.3. The minimum atomic E-state index is -0.825. The molecule has 1 aromatic carbocycles. The zero-order valence-corrected chi connectivity index (χ0v) is 27.0. The average Bonchev–Trinajstić information content (AvgIpc) is 2.99. The maximum absolute atomic E-state index is 12.5. The Hall–Kier alpha value is -1.92. The van der Waals surface area contributed by atoms with E-state index in [2.05, 4.69) is 13.8 Å². The van der Waals surface area contributed by atoms with Crippen molar-refractivity contribution >= 4 is 11.9 Å². The van der Waals surface area contributed by atoms with Crippen molar-refractivity contribution in [1.82, 2.24) is 0 Å². The molecule has 0 unspecified atom stereocenters. The minimum Gasteiger partial charge on any atom is -0.463 e. The topological polar surface area (TPSA) is 82.1 Å². The van der Waals surface area contributed by atoms with Gasteiger partial charge in [0.05, 0.1) is 13.2 Å². The van der Waals surface area contributed by atoms with Gasteiger partial charge in [-0.2, -0.15) is 0 Å². The van der Waals surface area contributed by atoms with Crippen molar-refractivity contribution < 1.29 is 28.9 Å². The monoisotopic (exact) mass is 590 g/mol. The van der Waals surface area contributed by atoms with Crippen LogP contribution in [0.1, 0.15) is 154 Å². The number of esters is 2. The second-order valence-corrected chi connectivity index (χ2v) is 11.8. The number of hydrogen-bond donors (Lipinski definition) is 1. The molecule has 0 radical (unpaired) electrons. The van der Waals surface area contributed by atoms with Crippen LogP contribution in [0.25, 0.3) is 0 Å². The van der Waals surface area contributed by atoms with E-state index in [1.165, 1.54) is 64.2 Å². The van der Waals surface area contributed by atoms with Gasteiger partial charge in [0.1, 0.15) is 18.8 Å². The Morgan fingerprint density at radius 3 is 1.71 bits per heavy atom. The van der Waals surface area contributed by atoms with Crippen molar-refractivity contribution in [2.24, 2.45) is 0 Å². The van der Waals surface area contributed by atoms with Crippen molar-refractivity contribution in [2.45, 2.75) is 167 Å². The van der Waals surface area contributed by atoms with Crippen LogP contribution in [0.4, 0.5) is 0 Å². The van der Waals surface area contributed by atoms with Gasteiger partial charge in [0.15, 0.2) is 0 Å². The molecular formula is C36H62O6. The third-order valence-corrected chi connectivity index (χ3v) is 7.68. The van der Waals surface area contributed by atoms with Crippen LogP contribution in [0.3, 0.4) is 0 Å². The van der Waals surface area contributed by atoms with Gasteiger partial charge in [-0.15, -0.1) is 0 Å². The molecule has 0 heterocycles. The molecular weight excluding hydrogens is 528 g/mol. The maximum atomic E-state index is 12.5. The van der Waals surface area contributed by atoms with E-state index in [9.17, 15) is 14.7 Å². The Balaban J connectivity index is 2.09. The van der Waals surface area contributed by atoms with Gasteiger partial charge in [0.2, 0.25) is 0 Å². The summed E-state index contributed by atoms with van der Waals surface area (Å²) < 4.78 is 16.6. The summed E-state index contributed by atoms with van der Waals surface area (Å²) in [5, 5.41) is 9.97. The molecule has 242 valence electrons. The largest absolute Gasteiger partial charge is 0.463 e. The van der Waals surface area contributed by atoms with E-state index in [1.54, 1.807) is 0 Å². The number of rotatable bonds is 29. The molecule has 0 bridgehead atoms. The second kappa shape index (κ2) is 27.9. The standard InChI is InChI=1S/C36H62O6/c1-3-5-7-9-12-19-25-34(26-20-13-10-8-6-4-2)42-36(39)28-22-15-11-14-21-27-35(38)41-31-33(37)30-40-29-32-23-17-16-18-24-32/h16-18,23-24,33-34,37H,3-15,19-22,25-31H2,1-2H3/t33-/m1/s1. The lowest BCUT2D eigenvalue weighted by Gasteiger charge is -2.18. The molecule has 6 heteroatoms. The Labute approximate surface area is 257 Å². The zero-order chi connectivity index (χ0) is 30.5. The van der Waals surface area contributed by atoms with Crippen molar-refractivity contribution in [1.29, 1.82) is 0 Å². The summed E-state index contributed by atoms with van der Waals surface area (Å²) in [7, 11) is 0. The summed E-state index contributed by atoms with van der Waals surface area (Å²) in [6, 6.07) is 9.75. The second-order valence-electron chi connectivity index (χ2n) is 11.8. The fraction of sp³-hybridized carbons (Fsp3) is 0.778. The van der Waals surface area contributed by atoms with Crippen LogP contribution in [0.5, 0.6) is 0 Å². The lowest BCUT2D eigenvalue weighted by Crippen LogP contribution is -2.23. The van der Waals surface area contributed by atoms with E-state index in [0.29, 0.717) is 19.4 Å². The minimum absolute atomic E-state index is 0.0472. The van der Waals surface area contributed by atoms with E-state index in [-0.39, 0.29) is 31.3 Å². The van der Waals surface area contributed by atoms with Gasteiger partial charge in [-0.3, -0.25) is 9.59 Å². The quantitative estimate of drug-likeness (QED) is 0.0740. The molecule has 0 fully saturated rings. The van der Waals surface area contributed by atoms with Gasteiger partial charge in [0, 0.05) is 12.8 Å². The van der Waals surface area contributed by atoms with Gasteiger partial charge in [0.25, 0.3) is 0 Å². The van der Waals surface area contributed by atoms with Gasteiger partial charge in [-0.1, -0.05) is 128 Å². The Morgan fingerprint density at radius 2 is 1.14 bits per heavy atom. The number of aliphatic hydroxyl groups is 1. The van der Waals surface area contributed by atoms with Crippen molar-refractivity contribution in [3.05, 3.63) is 35.9 Å². The molecule has 1 atom stereocenters. The molecule has 0 amide bonds. The molecule has 0 aliphatic rings. The normalized spacial score (nSPS) is 12.0. The van der Waals surface area contributed by atoms with Gasteiger partial charge >= 0.3 is 11.9 Å². The van der Waals surface area contributed by atoms with Gasteiger partial charge < -0.3 is 19.3 Å². The summed E-state index contributed by atoms with van der Waals surface area (Å²) in [5.41, 5.74) is 1.04. The van der Waals surface area contributed by atoms with E-state index in [0.717, 1.165) is 63.4 Å². The summed E-state index contributed by atoms with van der Waals surface area (Å²) in [5.74, 6) is -0.339. The number of carbonyl (C=O) groups excluding carboxylic acids is 2. The van der Waals surface area contributed by atoms with Crippen LogP contribution in [0, 0.1) is 0 Å². The molecule has 0 spiro atoms. The number of carbonyl (C=O) groups is 2. The van der Waals surface area contributed by atoms with Crippen molar-refractivity contribution in [3.8, 4) is 0 Å². The van der Waals surface area contributed by atoms with Crippen LogP contribution >= 0.6 is 0 Å². The van der Waals surface area contributed by atoms with Crippen LogP contribution < -0.4 is 0 Å². The van der Waals surface area contributed by atoms with Gasteiger partial charge in [-0.25, -0.2) is 0 Å². The predicted octanol–water partition coefficient (Wildman–Crippen LogP) is 9.25. The fourth-order valence-corrected chi connectivity index (χ4v) is 5.08. The summed E-state index contributed by atoms with van der Waals surface area (Å²) >= 11 is 0. The number of benzene rings is 1. The lowest BCUT2D eigenvalue weighted by atomic mass is 10.0. The number of aliphatic hydroxyl groups excluding tert-OH is 1. The van der Waals surface area contributed by atoms with Gasteiger partial charge in [-0.05, 0) is 44.1 Å². The smallest absolute Gasteiger partial charge is 0.306 e. The predicted molar refractivity (Wildman–Crippen MR) is 171 cm³/mol. The lowest BCUT2D eigenvalue weighted by molar-refractivity contribution is -0.150. The highest BCUT2D eigenvalue weighted by molar-refractivity contribution is 5.69. The summed E-state index contributed by atoms with van der Waals surface area (Å²) in [6.07, 6.45) is 21.7. The van der Waals surface area contributed by atoms with E-state index >= 15 is 0 Å². The zero-order valence-electron chi connectivity index (χ0n) is 27.0. The maximum Gasteiger partial charge on any atom is 0.306 e. The van der Waals surface area contributed by atoms with Crippen LogP contribution in [-0.4, -0.2) is 42.5 Å². The number of hydrogen-bond acceptors (Lipinski definition) is 6. The third-order valence-electron chi connectivity index (χ3n) is 7.68. The Morgan fingerprint density at radius 1 is 0.643 bits per heavy atom. The van der Waals surface area contributed by atoms with Crippen LogP contribution in [0.15, 0.2) is 30.3 Å². The highest BCUT2D eigenvalue weighted by Gasteiger charge is 2.14. The summed E-state index contributed by atoms with van der Waals surface area (Å²) in [6.45, 7) is 4.99. The molecule has 1 N–H and O–H groups in total. The van der Waals surface area contributed by atoms with Crippen LogP contribution in [-0.2, 0) is 30.4 Å². The molecule has 0 saturated carbocycles. The highest BCUT2D eigenvalue weighted by Crippen LogP contribution is 2.18. The number of ether oxygens (including phenoxy) is 3. The first-order valence-corrected chi connectivity index (χ1v) is 17.2. The average molecular weight is 591 g/mol. The fourth-order valence-electron chi connectivity index (χ4n) is 5.08. The first kappa shape index (κ1) is 38.1. The third kappa shape index (κ3) is 23.6. The van der Waals surface area contributed by atoms with E-state index in [4.69, 9.17) is 14.2 Å². The number of unbranched alkanes of at least 4 members (excludes halogenated alkanes) is 14. The molecule has 0 aromatic heterocycles. The molecule has 1 rings (SSSR count). The molecule has 1 aromatic rings. The molecule has 6 nitrogen and oxygen atoms in total. The van der Waals surface area contributed by atoms with Crippen molar-refractivity contribution in [2.75, 3.05) is 13.2 Å². The molecule has 0 aliphatic heterocycles. The van der Waals surface area contributed by atoms with Crippen molar-refractivity contribution in [3.63, 3.8) is 0 Å². The van der Waals surface area contributed by atoms with E-state index < -0.39 is 6.10 Å². The molecule has 0 saturated heterocycles. The molecule has 42 heavy (non-hydrogen) atoms. The van der Waals surface area contributed by atoms with E-state index in [1.807, 2.05) is 30.3 Å². The first-order valence-electron chi connectivity index (χ1n) is 17.2. The highest BCUT2D eigenvalue weighted by atomic mass is 16.6. The summed E-state index contributed by atoms with van der Waals surface area (Å²) in [4.78, 5) is 24.5. The molecule has 0 aliphatic carbocycles. The Bertz CT molecular complexity index is 737. The van der Waals surface area contributed by atoms with Crippen LogP contribution in [0.2, 0.25) is 0 Å². The first-order chi connectivity index (χ1) is 20.5.